The van der Waals surface area contributed by atoms with E-state index in [4.69, 9.17) is 15.2 Å². The maximum atomic E-state index is 6.01. The zero-order chi connectivity index (χ0) is 15.3. The zero-order valence-electron chi connectivity index (χ0n) is 13.5. The van der Waals surface area contributed by atoms with Crippen LogP contribution in [0.25, 0.3) is 0 Å². The molecule has 124 valence electrons. The van der Waals surface area contributed by atoms with Gasteiger partial charge in [-0.05, 0) is 26.8 Å². The van der Waals surface area contributed by atoms with Crippen molar-refractivity contribution in [2.45, 2.75) is 38.8 Å². The highest BCUT2D eigenvalue weighted by Gasteiger charge is 2.22. The molecule has 0 saturated heterocycles. The van der Waals surface area contributed by atoms with Crippen LogP contribution >= 0.6 is 24.0 Å². The Labute approximate surface area is 149 Å². The molecule has 0 bridgehead atoms. The number of benzene rings is 1. The van der Waals surface area contributed by atoms with Gasteiger partial charge in [0.15, 0.2) is 5.96 Å². The van der Waals surface area contributed by atoms with Crippen LogP contribution in [-0.4, -0.2) is 31.3 Å². The summed E-state index contributed by atoms with van der Waals surface area (Å²) in [5.74, 6) is 1.37. The lowest BCUT2D eigenvalue weighted by molar-refractivity contribution is -0.00217. The van der Waals surface area contributed by atoms with Crippen LogP contribution in [0.2, 0.25) is 0 Å². The molecule has 0 fully saturated rings. The molecule has 0 aromatic heterocycles. The first-order valence-electron chi connectivity index (χ1n) is 7.44. The number of para-hydroxylation sites is 1. The molecular weight excluding hydrogens is 393 g/mol. The van der Waals surface area contributed by atoms with Crippen molar-refractivity contribution >= 4 is 29.9 Å². The highest BCUT2D eigenvalue weighted by molar-refractivity contribution is 14.0. The van der Waals surface area contributed by atoms with Crippen LogP contribution < -0.4 is 15.8 Å². The molecule has 1 heterocycles. The first-order valence-corrected chi connectivity index (χ1v) is 7.44. The largest absolute Gasteiger partial charge is 0.493 e. The molecule has 6 heteroatoms. The molecule has 0 aliphatic carbocycles. The molecule has 1 aromatic rings. The predicted molar refractivity (Wildman–Crippen MR) is 100 cm³/mol. The quantitative estimate of drug-likeness (QED) is 0.438. The van der Waals surface area contributed by atoms with Crippen LogP contribution in [0.5, 0.6) is 5.75 Å². The van der Waals surface area contributed by atoms with Gasteiger partial charge in [-0.1, -0.05) is 18.2 Å². The van der Waals surface area contributed by atoms with Crippen molar-refractivity contribution in [1.82, 2.24) is 5.32 Å². The minimum absolute atomic E-state index is 0. The summed E-state index contributed by atoms with van der Waals surface area (Å²) in [5, 5.41) is 3.28. The lowest BCUT2D eigenvalue weighted by atomic mass is 10.0. The van der Waals surface area contributed by atoms with Crippen molar-refractivity contribution in [3.63, 3.8) is 0 Å². The summed E-state index contributed by atoms with van der Waals surface area (Å²) in [6.07, 6.45) is 0.877. The van der Waals surface area contributed by atoms with Gasteiger partial charge in [-0.15, -0.1) is 24.0 Å². The molecule has 0 saturated carbocycles. The Bertz CT molecular complexity index is 506. The van der Waals surface area contributed by atoms with E-state index in [9.17, 15) is 0 Å². The van der Waals surface area contributed by atoms with E-state index in [1.54, 1.807) is 0 Å². The summed E-state index contributed by atoms with van der Waals surface area (Å²) in [6.45, 7) is 7.89. The number of nitrogens with one attached hydrogen (secondary N) is 1. The van der Waals surface area contributed by atoms with E-state index in [2.05, 4.69) is 16.4 Å². The third-order valence-corrected chi connectivity index (χ3v) is 3.45. The number of hydrogen-bond donors (Lipinski definition) is 2. The number of nitrogens with two attached hydrogens (primary N) is 1. The van der Waals surface area contributed by atoms with Crippen molar-refractivity contribution in [2.75, 3.05) is 19.8 Å². The third-order valence-electron chi connectivity index (χ3n) is 3.45. The van der Waals surface area contributed by atoms with E-state index in [1.807, 2.05) is 39.0 Å². The predicted octanol–water partition coefficient (Wildman–Crippen LogP) is 2.85. The standard InChI is InChI=1S/C16H25N3O2.HI/c1-4-21-16(2,3)11-18-15(17)19-13-9-10-20-14-8-6-5-7-12(13)14;/h5-8,13H,4,9-11H2,1-3H3,(H3,17,18,19);1H. The van der Waals surface area contributed by atoms with Crippen LogP contribution in [0.15, 0.2) is 29.3 Å². The smallest absolute Gasteiger partial charge is 0.189 e. The van der Waals surface area contributed by atoms with Gasteiger partial charge in [0.2, 0.25) is 0 Å². The Balaban J connectivity index is 0.00000242. The summed E-state index contributed by atoms with van der Waals surface area (Å²) in [5.41, 5.74) is 6.84. The molecule has 0 spiro atoms. The average molecular weight is 419 g/mol. The van der Waals surface area contributed by atoms with Crippen LogP contribution in [0.4, 0.5) is 0 Å². The van der Waals surface area contributed by atoms with E-state index in [1.165, 1.54) is 0 Å². The fourth-order valence-electron chi connectivity index (χ4n) is 2.43. The van der Waals surface area contributed by atoms with Crippen LogP contribution in [0.3, 0.4) is 0 Å². The summed E-state index contributed by atoms with van der Waals surface area (Å²) >= 11 is 0. The third kappa shape index (κ3) is 5.31. The Hall–Kier alpha value is -1.02. The molecule has 1 unspecified atom stereocenters. The molecule has 3 N–H and O–H groups in total. The summed E-state index contributed by atoms with van der Waals surface area (Å²) < 4.78 is 11.3. The number of nitrogens with zero attached hydrogens (tertiary/aromatic N) is 1. The molecule has 22 heavy (non-hydrogen) atoms. The lowest BCUT2D eigenvalue weighted by Gasteiger charge is -2.27. The maximum Gasteiger partial charge on any atom is 0.189 e. The minimum Gasteiger partial charge on any atom is -0.493 e. The molecule has 0 amide bonds. The number of hydrogen-bond acceptors (Lipinski definition) is 3. The summed E-state index contributed by atoms with van der Waals surface area (Å²) in [4.78, 5) is 4.40. The second-order valence-corrected chi connectivity index (χ2v) is 5.77. The van der Waals surface area contributed by atoms with Crippen molar-refractivity contribution in [3.8, 4) is 5.75 Å². The fraction of sp³-hybridized carbons (Fsp3) is 0.562. The van der Waals surface area contributed by atoms with E-state index in [0.29, 0.717) is 25.7 Å². The molecule has 0 radical (unpaired) electrons. The van der Waals surface area contributed by atoms with Crippen LogP contribution in [-0.2, 0) is 4.74 Å². The molecule has 1 atom stereocenters. The Morgan fingerprint density at radius 3 is 2.91 bits per heavy atom. The Morgan fingerprint density at radius 2 is 2.18 bits per heavy atom. The SMILES string of the molecule is CCOC(C)(C)CN=C(N)NC1CCOc2ccccc21.I. The van der Waals surface area contributed by atoms with Gasteiger partial charge in [0.25, 0.3) is 0 Å². The van der Waals surface area contributed by atoms with Gasteiger partial charge in [0, 0.05) is 18.6 Å². The van der Waals surface area contributed by atoms with Gasteiger partial charge in [-0.3, -0.25) is 4.99 Å². The maximum absolute atomic E-state index is 6.01. The summed E-state index contributed by atoms with van der Waals surface area (Å²) in [7, 11) is 0. The van der Waals surface area contributed by atoms with Crippen molar-refractivity contribution in [2.24, 2.45) is 10.7 Å². The summed E-state index contributed by atoms with van der Waals surface area (Å²) in [6, 6.07) is 8.17. The molecule has 1 aromatic carbocycles. The van der Waals surface area contributed by atoms with Gasteiger partial charge in [0.1, 0.15) is 5.75 Å². The average Bonchev–Trinajstić information content (AvgIpc) is 2.46. The van der Waals surface area contributed by atoms with Gasteiger partial charge >= 0.3 is 0 Å². The highest BCUT2D eigenvalue weighted by atomic mass is 127. The lowest BCUT2D eigenvalue weighted by Crippen LogP contribution is -2.39. The Kier molecular flexibility index (Phi) is 7.41. The number of aliphatic imine (C=N–C) groups is 1. The molecule has 2 rings (SSSR count). The first kappa shape index (κ1) is 19.0. The van der Waals surface area contributed by atoms with Crippen molar-refractivity contribution < 1.29 is 9.47 Å². The highest BCUT2D eigenvalue weighted by Crippen LogP contribution is 2.31. The van der Waals surface area contributed by atoms with Crippen molar-refractivity contribution in [1.29, 1.82) is 0 Å². The Morgan fingerprint density at radius 1 is 1.45 bits per heavy atom. The second kappa shape index (κ2) is 8.57. The van der Waals surface area contributed by atoms with E-state index in [0.717, 1.165) is 17.7 Å². The van der Waals surface area contributed by atoms with Crippen LogP contribution in [0, 0.1) is 0 Å². The number of guanidine groups is 1. The van der Waals surface area contributed by atoms with E-state index < -0.39 is 0 Å². The van der Waals surface area contributed by atoms with E-state index in [-0.39, 0.29) is 35.6 Å². The number of rotatable bonds is 5. The van der Waals surface area contributed by atoms with Gasteiger partial charge in [0.05, 0.1) is 24.8 Å². The van der Waals surface area contributed by atoms with Crippen molar-refractivity contribution in [3.05, 3.63) is 29.8 Å². The number of halogens is 1. The molecular formula is C16H26IN3O2. The molecule has 5 nitrogen and oxygen atoms in total. The molecule has 1 aliphatic rings. The fourth-order valence-corrected chi connectivity index (χ4v) is 2.43. The van der Waals surface area contributed by atoms with Gasteiger partial charge < -0.3 is 20.5 Å². The molecule has 1 aliphatic heterocycles. The van der Waals surface area contributed by atoms with E-state index >= 15 is 0 Å². The number of ether oxygens (including phenoxy) is 2. The topological polar surface area (TPSA) is 68.9 Å². The minimum atomic E-state index is -0.297. The van der Waals surface area contributed by atoms with Gasteiger partial charge in [-0.25, -0.2) is 0 Å². The first-order chi connectivity index (χ1) is 10.0. The second-order valence-electron chi connectivity index (χ2n) is 5.77. The van der Waals surface area contributed by atoms with Crippen LogP contribution in [0.1, 0.15) is 38.8 Å². The zero-order valence-corrected chi connectivity index (χ0v) is 15.8. The number of fused-ring (bicyclic) bond motifs is 1. The van der Waals surface area contributed by atoms with Gasteiger partial charge in [-0.2, -0.15) is 0 Å². The monoisotopic (exact) mass is 419 g/mol. The normalized spacial score (nSPS) is 18.0.